The number of piperidine rings is 2. The van der Waals surface area contributed by atoms with Crippen molar-refractivity contribution in [3.05, 3.63) is 60.6 Å². The van der Waals surface area contributed by atoms with Gasteiger partial charge in [0, 0.05) is 37.4 Å². The predicted octanol–water partition coefficient (Wildman–Crippen LogP) is 3.10. The van der Waals surface area contributed by atoms with E-state index < -0.39 is 11.6 Å². The maximum atomic E-state index is 14.7. The molecule has 1 aromatic carbocycles. The number of halogens is 2. The van der Waals surface area contributed by atoms with Gasteiger partial charge < -0.3 is 10.2 Å². The highest BCUT2D eigenvalue weighted by Gasteiger charge is 2.34. The number of anilines is 1. The Labute approximate surface area is 176 Å². The number of imidazole rings is 1. The molecule has 0 spiro atoms. The lowest BCUT2D eigenvalue weighted by Gasteiger charge is -2.46. The van der Waals surface area contributed by atoms with Crippen molar-refractivity contribution in [2.75, 3.05) is 18.0 Å². The summed E-state index contributed by atoms with van der Waals surface area (Å²) in [6, 6.07) is 9.92. The molecular weight excluding hydrogens is 400 g/mol. The van der Waals surface area contributed by atoms with E-state index in [2.05, 4.69) is 25.2 Å². The van der Waals surface area contributed by atoms with Crippen LogP contribution in [-0.4, -0.2) is 49.7 Å². The Morgan fingerprint density at radius 1 is 1.00 bits per heavy atom. The van der Waals surface area contributed by atoms with Gasteiger partial charge in [0.05, 0.1) is 5.56 Å². The number of hydrogen-bond acceptors (Lipinski definition) is 6. The Morgan fingerprint density at radius 3 is 2.65 bits per heavy atom. The molecule has 0 radical (unpaired) electrons. The molecule has 31 heavy (non-hydrogen) atoms. The molecule has 3 saturated heterocycles. The van der Waals surface area contributed by atoms with Crippen LogP contribution in [0.25, 0.3) is 28.4 Å². The Morgan fingerprint density at radius 2 is 1.94 bits per heavy atom. The Kier molecular flexibility index (Phi) is 4.17. The first-order valence-electron chi connectivity index (χ1n) is 10.3. The molecule has 2 atom stereocenters. The summed E-state index contributed by atoms with van der Waals surface area (Å²) in [4.78, 5) is 20.2. The Bertz CT molecular complexity index is 1270. The molecular formula is C22H19F2N7. The fourth-order valence-electron chi connectivity index (χ4n) is 4.58. The van der Waals surface area contributed by atoms with Crippen molar-refractivity contribution < 1.29 is 8.78 Å². The van der Waals surface area contributed by atoms with Gasteiger partial charge in [-0.05, 0) is 43.2 Å². The monoisotopic (exact) mass is 419 g/mol. The molecule has 3 aromatic heterocycles. The second-order valence-corrected chi connectivity index (χ2v) is 7.96. The Balaban J connectivity index is 1.55. The molecule has 0 unspecified atom stereocenters. The van der Waals surface area contributed by atoms with E-state index in [4.69, 9.17) is 4.98 Å². The fourth-order valence-corrected chi connectivity index (χ4v) is 4.58. The quantitative estimate of drug-likeness (QED) is 0.550. The highest BCUT2D eigenvalue weighted by Crippen LogP contribution is 2.32. The maximum absolute atomic E-state index is 14.7. The average molecular weight is 419 g/mol. The third kappa shape index (κ3) is 3.04. The minimum absolute atomic E-state index is 0.181. The number of fused-ring (bicyclic) bond motifs is 4. The van der Waals surface area contributed by atoms with Crippen molar-refractivity contribution in [3.63, 3.8) is 0 Å². The van der Waals surface area contributed by atoms with Crippen molar-refractivity contribution in [2.24, 2.45) is 0 Å². The molecule has 0 saturated carbocycles. The molecule has 9 heteroatoms. The van der Waals surface area contributed by atoms with Crippen LogP contribution in [-0.2, 0) is 0 Å². The molecule has 7 nitrogen and oxygen atoms in total. The van der Waals surface area contributed by atoms with Crippen LogP contribution in [0.2, 0.25) is 0 Å². The van der Waals surface area contributed by atoms with Gasteiger partial charge in [-0.1, -0.05) is 0 Å². The number of hydrogen-bond donors (Lipinski definition) is 1. The number of aromatic nitrogens is 5. The van der Waals surface area contributed by atoms with Gasteiger partial charge in [-0.15, -0.1) is 0 Å². The lowest BCUT2D eigenvalue weighted by molar-refractivity contribution is 0.289. The van der Waals surface area contributed by atoms with Crippen molar-refractivity contribution >= 4 is 17.0 Å². The van der Waals surface area contributed by atoms with Gasteiger partial charge in [-0.2, -0.15) is 0 Å². The summed E-state index contributed by atoms with van der Waals surface area (Å²) in [5.74, 6) is 0.371. The minimum atomic E-state index is -0.690. The van der Waals surface area contributed by atoms with E-state index in [1.54, 1.807) is 16.8 Å². The van der Waals surface area contributed by atoms with Gasteiger partial charge >= 0.3 is 0 Å². The molecule has 2 bridgehead atoms. The summed E-state index contributed by atoms with van der Waals surface area (Å²) in [6.07, 6.45) is 5.34. The van der Waals surface area contributed by atoms with E-state index in [1.807, 2.05) is 12.1 Å². The third-order valence-corrected chi connectivity index (χ3v) is 6.10. The van der Waals surface area contributed by atoms with Crippen LogP contribution in [0.3, 0.4) is 0 Å². The molecule has 7 rings (SSSR count). The molecule has 6 heterocycles. The van der Waals surface area contributed by atoms with Gasteiger partial charge in [0.2, 0.25) is 0 Å². The summed E-state index contributed by atoms with van der Waals surface area (Å²) in [5.41, 5.74) is 1.37. The number of benzene rings is 1. The van der Waals surface area contributed by atoms with Crippen molar-refractivity contribution in [1.29, 1.82) is 0 Å². The van der Waals surface area contributed by atoms with E-state index in [1.165, 1.54) is 24.9 Å². The zero-order valence-electron chi connectivity index (χ0n) is 16.5. The first-order valence-corrected chi connectivity index (χ1v) is 10.3. The molecule has 1 N–H and O–H groups in total. The second-order valence-electron chi connectivity index (χ2n) is 7.96. The van der Waals surface area contributed by atoms with Gasteiger partial charge in [-0.25, -0.2) is 28.7 Å². The molecule has 3 aliphatic rings. The SMILES string of the molecule is Fc1ccc(-c2nc3ccc(N4C[C@H]5CC[C@@H]4CN5)nc3n2-c2ccncn2)c(F)c1. The predicted molar refractivity (Wildman–Crippen MR) is 112 cm³/mol. The van der Waals surface area contributed by atoms with Gasteiger partial charge in [0.25, 0.3) is 0 Å². The first kappa shape index (κ1) is 18.3. The average Bonchev–Trinajstić information content (AvgIpc) is 3.18. The van der Waals surface area contributed by atoms with E-state index in [0.717, 1.165) is 31.4 Å². The van der Waals surface area contributed by atoms with Crippen LogP contribution >= 0.6 is 0 Å². The van der Waals surface area contributed by atoms with Crippen LogP contribution in [0.4, 0.5) is 14.6 Å². The van der Waals surface area contributed by atoms with E-state index in [9.17, 15) is 8.78 Å². The third-order valence-electron chi connectivity index (χ3n) is 6.10. The lowest BCUT2D eigenvalue weighted by Crippen LogP contribution is -2.61. The van der Waals surface area contributed by atoms with Crippen molar-refractivity contribution in [2.45, 2.75) is 24.9 Å². The molecule has 3 fully saturated rings. The molecule has 4 aromatic rings. The highest BCUT2D eigenvalue weighted by molar-refractivity contribution is 5.81. The number of nitrogens with zero attached hydrogens (tertiary/aromatic N) is 6. The maximum Gasteiger partial charge on any atom is 0.168 e. The molecule has 3 aliphatic heterocycles. The highest BCUT2D eigenvalue weighted by atomic mass is 19.1. The van der Waals surface area contributed by atoms with Crippen LogP contribution < -0.4 is 10.2 Å². The number of piperazine rings is 1. The number of rotatable bonds is 3. The van der Waals surface area contributed by atoms with E-state index in [-0.39, 0.29) is 5.56 Å². The molecule has 0 aliphatic carbocycles. The zero-order chi connectivity index (χ0) is 20.9. The standard InChI is InChI=1S/C22H19F2N7/c23-13-1-4-16(17(24)9-13)21-28-18-5-6-20(30-11-14-2-3-15(30)10-26-14)29-22(18)31(21)19-7-8-25-12-27-19/h1,4-9,12,14-15,26H,2-3,10-11H2/t14-,15-/m1/s1. The normalized spacial score (nSPS) is 20.5. The Hall–Kier alpha value is -3.46. The zero-order valence-corrected chi connectivity index (χ0v) is 16.5. The number of nitrogens with one attached hydrogen (secondary N) is 1. The van der Waals surface area contributed by atoms with Gasteiger partial charge in [-0.3, -0.25) is 4.57 Å². The minimum Gasteiger partial charge on any atom is -0.351 e. The van der Waals surface area contributed by atoms with Gasteiger partial charge in [0.1, 0.15) is 35.1 Å². The van der Waals surface area contributed by atoms with Crippen LogP contribution in [0.5, 0.6) is 0 Å². The van der Waals surface area contributed by atoms with Gasteiger partial charge in [0.15, 0.2) is 11.5 Å². The largest absolute Gasteiger partial charge is 0.351 e. The summed E-state index contributed by atoms with van der Waals surface area (Å²) in [5, 5.41) is 3.55. The summed E-state index contributed by atoms with van der Waals surface area (Å²) >= 11 is 0. The van der Waals surface area contributed by atoms with E-state index in [0.29, 0.717) is 34.9 Å². The first-order chi connectivity index (χ1) is 15.2. The number of pyridine rings is 1. The van der Waals surface area contributed by atoms with Crippen LogP contribution in [0.1, 0.15) is 12.8 Å². The van der Waals surface area contributed by atoms with Crippen LogP contribution in [0, 0.1) is 11.6 Å². The summed E-state index contributed by atoms with van der Waals surface area (Å²) in [6.45, 7) is 1.85. The van der Waals surface area contributed by atoms with Crippen LogP contribution in [0.15, 0.2) is 48.9 Å². The van der Waals surface area contributed by atoms with Crippen molar-refractivity contribution in [1.82, 2.24) is 29.8 Å². The lowest BCUT2D eigenvalue weighted by atomic mass is 9.93. The summed E-state index contributed by atoms with van der Waals surface area (Å²) < 4.78 is 29.9. The molecule has 0 amide bonds. The fraction of sp³-hybridized carbons (Fsp3) is 0.273. The smallest absolute Gasteiger partial charge is 0.168 e. The van der Waals surface area contributed by atoms with Crippen molar-refractivity contribution in [3.8, 4) is 17.2 Å². The summed E-state index contributed by atoms with van der Waals surface area (Å²) in [7, 11) is 0. The molecule has 156 valence electrons. The second kappa shape index (κ2) is 7.05. The topological polar surface area (TPSA) is 71.8 Å². The van der Waals surface area contributed by atoms with E-state index >= 15 is 0 Å².